The van der Waals surface area contributed by atoms with Crippen molar-refractivity contribution < 1.29 is 14.6 Å². The summed E-state index contributed by atoms with van der Waals surface area (Å²) in [6.45, 7) is 4.94. The average molecular weight is 425 g/mol. The molecule has 0 amide bonds. The summed E-state index contributed by atoms with van der Waals surface area (Å²) >= 11 is 0. The molecule has 1 fully saturated rings. The third kappa shape index (κ3) is 5.17. The van der Waals surface area contributed by atoms with Crippen molar-refractivity contribution in [3.05, 3.63) is 59.2 Å². The fourth-order valence-corrected chi connectivity index (χ4v) is 3.81. The molecule has 2 aromatic carbocycles. The smallest absolute Gasteiger partial charge is 0.334 e. The average Bonchev–Trinajstić information content (AvgIpc) is 2.71. The Morgan fingerprint density at radius 2 is 1.94 bits per heavy atom. The number of carboxylic acids is 1. The van der Waals surface area contributed by atoms with E-state index in [2.05, 4.69) is 10.6 Å². The van der Waals surface area contributed by atoms with Crippen LogP contribution in [0.1, 0.15) is 56.2 Å². The van der Waals surface area contributed by atoms with Crippen LogP contribution in [0.15, 0.2) is 42.5 Å². The van der Waals surface area contributed by atoms with E-state index in [0.717, 1.165) is 5.56 Å². The molecule has 1 atom stereocenters. The zero-order valence-electron chi connectivity index (χ0n) is 18.2. The zero-order chi connectivity index (χ0) is 22.4. The number of aliphatic carboxylic acids is 1. The van der Waals surface area contributed by atoms with Gasteiger partial charge in [-0.1, -0.05) is 19.4 Å². The number of hydrogen-bond acceptors (Lipinski definition) is 5. The van der Waals surface area contributed by atoms with Gasteiger partial charge in [0.1, 0.15) is 11.6 Å². The number of ether oxygens (including phenoxy) is 1. The molecule has 1 saturated carbocycles. The first-order chi connectivity index (χ1) is 14.9. The molecule has 1 aliphatic carbocycles. The van der Waals surface area contributed by atoms with Crippen molar-refractivity contribution in [3.63, 3.8) is 0 Å². The Hall–Kier alpha value is -3.06. The lowest BCUT2D eigenvalue weighted by Crippen LogP contribution is -2.43. The number of carboxylic acid groups (broad SMARTS) is 1. The van der Waals surface area contributed by atoms with E-state index in [1.165, 1.54) is 19.3 Å². The van der Waals surface area contributed by atoms with Gasteiger partial charge in [-0.25, -0.2) is 4.79 Å². The molecular weight excluding hydrogens is 392 g/mol. The van der Waals surface area contributed by atoms with Crippen molar-refractivity contribution in [1.29, 1.82) is 5.41 Å². The van der Waals surface area contributed by atoms with Gasteiger partial charge in [-0.05, 0) is 73.7 Å². The number of nitrogen functional groups attached to an aromatic ring is 1. The minimum absolute atomic E-state index is 0.0282. The van der Waals surface area contributed by atoms with E-state index in [1.807, 2.05) is 32.0 Å². The van der Waals surface area contributed by atoms with Gasteiger partial charge >= 0.3 is 5.97 Å². The van der Waals surface area contributed by atoms with Gasteiger partial charge in [0.15, 0.2) is 5.54 Å². The van der Waals surface area contributed by atoms with Gasteiger partial charge in [0.2, 0.25) is 0 Å². The third-order valence-corrected chi connectivity index (χ3v) is 5.92. The van der Waals surface area contributed by atoms with E-state index < -0.39 is 11.5 Å². The van der Waals surface area contributed by atoms with Gasteiger partial charge in [0.25, 0.3) is 0 Å². The highest BCUT2D eigenvalue weighted by Gasteiger charge is 2.39. The number of anilines is 1. The van der Waals surface area contributed by atoms with E-state index in [-0.39, 0.29) is 5.84 Å². The number of nitrogens with two attached hydrogens (primary N) is 1. The largest absolute Gasteiger partial charge is 0.494 e. The topological polar surface area (TPSA) is 120 Å². The minimum Gasteiger partial charge on any atom is -0.494 e. The molecule has 2 aromatic rings. The Morgan fingerprint density at radius 3 is 2.45 bits per heavy atom. The molecule has 0 spiro atoms. The number of benzene rings is 2. The molecule has 31 heavy (non-hydrogen) atoms. The highest BCUT2D eigenvalue weighted by Crippen LogP contribution is 2.34. The lowest BCUT2D eigenvalue weighted by molar-refractivity contribution is -0.142. The molecule has 3 rings (SSSR count). The molecule has 0 aliphatic heterocycles. The molecule has 166 valence electrons. The predicted octanol–water partition coefficient (Wildman–Crippen LogP) is 3.81. The molecule has 0 aromatic heterocycles. The van der Waals surface area contributed by atoms with Crippen LogP contribution in [-0.4, -0.2) is 29.6 Å². The van der Waals surface area contributed by atoms with E-state index in [4.69, 9.17) is 15.9 Å². The summed E-state index contributed by atoms with van der Waals surface area (Å²) in [6.07, 6.45) is 3.96. The van der Waals surface area contributed by atoms with Crippen LogP contribution < -0.4 is 21.1 Å². The molecule has 1 aliphatic rings. The fourth-order valence-electron chi connectivity index (χ4n) is 3.81. The molecule has 0 bridgehead atoms. The maximum Gasteiger partial charge on any atom is 0.334 e. The molecule has 0 heterocycles. The van der Waals surface area contributed by atoms with Gasteiger partial charge in [-0.2, -0.15) is 0 Å². The molecule has 6 N–H and O–H groups in total. The van der Waals surface area contributed by atoms with Crippen molar-refractivity contribution in [2.75, 3.05) is 11.9 Å². The summed E-state index contributed by atoms with van der Waals surface area (Å²) in [7, 11) is 0. The van der Waals surface area contributed by atoms with Crippen LogP contribution in [0, 0.1) is 5.41 Å². The van der Waals surface area contributed by atoms with E-state index in [9.17, 15) is 9.90 Å². The monoisotopic (exact) mass is 424 g/mol. The fraction of sp³-hybridized carbons (Fsp3) is 0.417. The van der Waals surface area contributed by atoms with Gasteiger partial charge < -0.3 is 26.2 Å². The molecule has 7 heteroatoms. The number of carbonyl (C=O) groups is 1. The van der Waals surface area contributed by atoms with Crippen molar-refractivity contribution in [2.24, 2.45) is 5.73 Å². The van der Waals surface area contributed by atoms with Crippen LogP contribution >= 0.6 is 0 Å². The first-order valence-corrected chi connectivity index (χ1v) is 10.8. The van der Waals surface area contributed by atoms with Crippen LogP contribution in [0.5, 0.6) is 5.75 Å². The summed E-state index contributed by atoms with van der Waals surface area (Å²) in [5.41, 5.74) is 7.09. The normalized spacial score (nSPS) is 15.5. The van der Waals surface area contributed by atoms with Crippen molar-refractivity contribution in [1.82, 2.24) is 5.32 Å². The van der Waals surface area contributed by atoms with Crippen LogP contribution in [0.25, 0.3) is 0 Å². The standard InChI is InChI=1S/C24H32N4O3/c1-3-24(23(29)30,28-20-10-8-17(9-11-20)22(25)26)18-12-16(13-21(14-18)31-4-2)15-27-19-6-5-7-19/h8-14,19,27-28H,3-7,15H2,1-2H3,(H3,25,26)(H,29,30). The summed E-state index contributed by atoms with van der Waals surface area (Å²) < 4.78 is 5.76. The second kappa shape index (κ2) is 9.83. The predicted molar refractivity (Wildman–Crippen MR) is 123 cm³/mol. The SMILES string of the molecule is CCOc1cc(CNC2CCC2)cc(C(CC)(Nc2ccc(C(=N)N)cc2)C(=O)O)c1. The zero-order valence-corrected chi connectivity index (χ0v) is 18.2. The number of rotatable bonds is 11. The van der Waals surface area contributed by atoms with Crippen LogP contribution in [0.2, 0.25) is 0 Å². The molecule has 0 radical (unpaired) electrons. The van der Waals surface area contributed by atoms with Gasteiger partial charge in [-0.15, -0.1) is 0 Å². The lowest BCUT2D eigenvalue weighted by atomic mass is 9.85. The quantitative estimate of drug-likeness (QED) is 0.276. The Balaban J connectivity index is 1.96. The van der Waals surface area contributed by atoms with Gasteiger partial charge in [-0.3, -0.25) is 5.41 Å². The Morgan fingerprint density at radius 1 is 1.23 bits per heavy atom. The maximum atomic E-state index is 12.6. The van der Waals surface area contributed by atoms with Crippen LogP contribution in [0.3, 0.4) is 0 Å². The Labute approximate surface area is 183 Å². The maximum absolute atomic E-state index is 12.6. The van der Waals surface area contributed by atoms with Crippen molar-refractivity contribution in [2.45, 2.75) is 57.7 Å². The molecule has 7 nitrogen and oxygen atoms in total. The number of hydrogen-bond donors (Lipinski definition) is 5. The second-order valence-electron chi connectivity index (χ2n) is 7.99. The minimum atomic E-state index is -1.32. The number of nitrogens with one attached hydrogen (secondary N) is 3. The van der Waals surface area contributed by atoms with Crippen molar-refractivity contribution >= 4 is 17.5 Å². The van der Waals surface area contributed by atoms with Crippen LogP contribution in [0.4, 0.5) is 5.69 Å². The number of amidine groups is 1. The van der Waals surface area contributed by atoms with E-state index >= 15 is 0 Å². The van der Waals surface area contributed by atoms with Crippen molar-refractivity contribution in [3.8, 4) is 5.75 Å². The van der Waals surface area contributed by atoms with E-state index in [1.54, 1.807) is 24.3 Å². The van der Waals surface area contributed by atoms with Gasteiger partial charge in [0, 0.05) is 23.8 Å². The van der Waals surface area contributed by atoms with E-state index in [0.29, 0.717) is 48.2 Å². The summed E-state index contributed by atoms with van der Waals surface area (Å²) in [4.78, 5) is 12.6. The summed E-state index contributed by atoms with van der Waals surface area (Å²) in [5.74, 6) is -0.324. The first kappa shape index (κ1) is 22.6. The highest BCUT2D eigenvalue weighted by atomic mass is 16.5. The Bertz CT molecular complexity index is 925. The summed E-state index contributed by atoms with van der Waals surface area (Å²) in [6, 6.07) is 13.2. The highest BCUT2D eigenvalue weighted by molar-refractivity contribution is 5.95. The molecule has 0 saturated heterocycles. The lowest BCUT2D eigenvalue weighted by Gasteiger charge is -2.32. The molecular formula is C24H32N4O3. The summed E-state index contributed by atoms with van der Waals surface area (Å²) in [5, 5.41) is 24.6. The molecule has 1 unspecified atom stereocenters. The first-order valence-electron chi connectivity index (χ1n) is 10.8. The van der Waals surface area contributed by atoms with Gasteiger partial charge in [0.05, 0.1) is 6.61 Å². The third-order valence-electron chi connectivity index (χ3n) is 5.92. The second-order valence-corrected chi connectivity index (χ2v) is 7.99. The Kier molecular flexibility index (Phi) is 7.17. The van der Waals surface area contributed by atoms with Crippen LogP contribution in [-0.2, 0) is 16.9 Å².